The summed E-state index contributed by atoms with van der Waals surface area (Å²) >= 11 is 0. The molecule has 1 unspecified atom stereocenters. The second kappa shape index (κ2) is 5.53. The maximum absolute atomic E-state index is 11.1. The Morgan fingerprint density at radius 3 is 2.62 bits per heavy atom. The van der Waals surface area contributed by atoms with E-state index in [1.807, 2.05) is 5.73 Å². The normalized spacial score (nSPS) is 40.2. The van der Waals surface area contributed by atoms with Gasteiger partial charge in [0.2, 0.25) is 5.91 Å². The smallest absolute Gasteiger partial charge is 0.235 e. The van der Waals surface area contributed by atoms with Gasteiger partial charge in [-0.1, -0.05) is 0 Å². The van der Waals surface area contributed by atoms with Crippen LogP contribution in [0.3, 0.4) is 0 Å². The lowest BCUT2D eigenvalue weighted by molar-refractivity contribution is -0.235. The first kappa shape index (κ1) is 11.7. The Morgan fingerprint density at radius 1 is 1.38 bits per heavy atom. The second-order valence-electron chi connectivity index (χ2n) is 3.49. The number of nitrogens with one attached hydrogen (secondary N) is 1. The summed E-state index contributed by atoms with van der Waals surface area (Å²) in [7, 11) is 0. The van der Waals surface area contributed by atoms with Crippen LogP contribution in [0.5, 0.6) is 0 Å². The van der Waals surface area contributed by atoms with Gasteiger partial charge in [0.15, 0.2) is 6.23 Å². The van der Waals surface area contributed by atoms with Crippen molar-refractivity contribution in [1.29, 1.82) is 0 Å². The molecule has 0 aromatic heterocycles. The van der Waals surface area contributed by atoms with Crippen molar-refractivity contribution in [3.8, 4) is 0 Å². The molecular weight excluding hydrogens is 220 g/mol. The average Bonchev–Trinajstić information content (AvgIpc) is 2.30. The number of hydrogen-bond acceptors (Lipinski definition) is 7. The van der Waals surface area contributed by atoms with Crippen LogP contribution in [0.2, 0.25) is 1.41 Å². The molecule has 0 aliphatic carbocycles. The summed E-state index contributed by atoms with van der Waals surface area (Å²) in [5.41, 5.74) is 1.86. The van der Waals surface area contributed by atoms with E-state index in [1.54, 1.807) is 0 Å². The fourth-order valence-corrected chi connectivity index (χ4v) is 1.43. The summed E-state index contributed by atoms with van der Waals surface area (Å²) in [6.07, 6.45) is -6.82. The first-order valence-electron chi connectivity index (χ1n) is 5.25. The van der Waals surface area contributed by atoms with Gasteiger partial charge in [0.05, 0.1) is 13.2 Å². The fourth-order valence-electron chi connectivity index (χ4n) is 1.43. The number of ether oxygens (including phenoxy) is 1. The van der Waals surface area contributed by atoms with Gasteiger partial charge in [-0.3, -0.25) is 4.79 Å². The number of hydrogen-bond donors (Lipinski definition) is 6. The number of carbonyl (C=O) groups excluding carboxylic acids is 1. The zero-order valence-electron chi connectivity index (χ0n) is 9.41. The predicted octanol–water partition coefficient (Wildman–Crippen LogP) is -4.14. The summed E-state index contributed by atoms with van der Waals surface area (Å²) < 4.78 is 11.6. The van der Waals surface area contributed by atoms with Crippen LogP contribution < -0.4 is 11.0 Å². The minimum absolute atomic E-state index is 0.310. The Kier molecular flexibility index (Phi) is 4.04. The molecule has 1 aliphatic heterocycles. The minimum Gasteiger partial charge on any atom is -0.394 e. The topological polar surface area (TPSA) is 145 Å². The molecule has 0 aromatic rings. The Morgan fingerprint density at radius 2 is 2.06 bits per heavy atom. The monoisotopic (exact) mass is 237 g/mol. The molecule has 0 aromatic carbocycles. The summed E-state index contributed by atoms with van der Waals surface area (Å²) in [5.74, 6) is -0.621. The molecule has 8 heteroatoms. The van der Waals surface area contributed by atoms with Gasteiger partial charge in [0, 0.05) is 0 Å². The number of rotatable bonds is 4. The van der Waals surface area contributed by atoms with Crippen LogP contribution in [-0.2, 0) is 9.53 Å². The highest BCUT2D eigenvalue weighted by Gasteiger charge is 2.43. The molecule has 94 valence electrons. The van der Waals surface area contributed by atoms with Crippen LogP contribution in [0, 0.1) is 0 Å². The van der Waals surface area contributed by atoms with Crippen molar-refractivity contribution in [2.45, 2.75) is 30.6 Å². The van der Waals surface area contributed by atoms with Crippen molar-refractivity contribution in [1.82, 2.24) is 5.32 Å². The molecule has 0 bridgehead atoms. The second-order valence-corrected chi connectivity index (χ2v) is 3.49. The SMILES string of the molecule is [2H]NCC(=O)NC1O[C@H](CO)[C@@H](O)[C@H](O)[C@H]1O. The minimum atomic E-state index is -1.53. The molecule has 1 aliphatic rings. The molecule has 1 saturated heterocycles. The standard InChI is InChI=1S/C8H16N2O6/c9-1-4(12)10-8-7(15)6(14)5(13)3(2-11)16-8/h3,5-8,11,13-15H,1-2,9H2,(H,10,12)/t3-,5-,6+,7-,8?/m1/s1/i/hD. The highest BCUT2D eigenvalue weighted by molar-refractivity contribution is 5.77. The fraction of sp³-hybridized carbons (Fsp3) is 0.875. The molecular formula is C8H16N2O6. The Balaban J connectivity index is 2.62. The van der Waals surface area contributed by atoms with E-state index in [1.165, 1.54) is 0 Å². The van der Waals surface area contributed by atoms with Gasteiger partial charge in [0.25, 0.3) is 0 Å². The Hall–Kier alpha value is -0.770. The largest absolute Gasteiger partial charge is 0.394 e. The molecule has 1 heterocycles. The van der Waals surface area contributed by atoms with Crippen molar-refractivity contribution in [3.63, 3.8) is 0 Å². The lowest BCUT2D eigenvalue weighted by Crippen LogP contribution is -2.63. The van der Waals surface area contributed by atoms with Crippen LogP contribution in [0.4, 0.5) is 0 Å². The van der Waals surface area contributed by atoms with E-state index in [9.17, 15) is 20.1 Å². The molecule has 16 heavy (non-hydrogen) atoms. The number of nitrogens with two attached hydrogens (primary N) is 1. The van der Waals surface area contributed by atoms with E-state index >= 15 is 0 Å². The van der Waals surface area contributed by atoms with Gasteiger partial charge >= 0.3 is 0 Å². The highest BCUT2D eigenvalue weighted by Crippen LogP contribution is 2.19. The van der Waals surface area contributed by atoms with Gasteiger partial charge in [-0.05, 0) is 0 Å². The Labute approximate surface area is 93.1 Å². The number of aliphatic hydroxyl groups is 4. The summed E-state index contributed by atoms with van der Waals surface area (Å²) in [6.45, 7) is -0.872. The third-order valence-electron chi connectivity index (χ3n) is 2.36. The van der Waals surface area contributed by atoms with E-state index in [2.05, 4.69) is 5.32 Å². The molecule has 5 atom stereocenters. The molecule has 7 N–H and O–H groups in total. The number of carbonyl (C=O) groups is 1. The first-order chi connectivity index (χ1) is 8.01. The summed E-state index contributed by atoms with van der Waals surface area (Å²) in [4.78, 5) is 11.1. The molecule has 1 rings (SSSR count). The van der Waals surface area contributed by atoms with Gasteiger partial charge in [0.1, 0.15) is 25.8 Å². The third-order valence-corrected chi connectivity index (χ3v) is 2.36. The average molecular weight is 237 g/mol. The number of aliphatic hydroxyl groups excluding tert-OH is 4. The maximum Gasteiger partial charge on any atom is 0.235 e. The van der Waals surface area contributed by atoms with Crippen LogP contribution in [-0.4, -0.2) is 70.1 Å². The molecule has 0 spiro atoms. The first-order valence-corrected chi connectivity index (χ1v) is 4.75. The lowest BCUT2D eigenvalue weighted by Gasteiger charge is -2.40. The van der Waals surface area contributed by atoms with Crippen LogP contribution >= 0.6 is 0 Å². The van der Waals surface area contributed by atoms with Crippen molar-refractivity contribution in [3.05, 3.63) is 0 Å². The van der Waals surface area contributed by atoms with Crippen LogP contribution in [0.1, 0.15) is 0 Å². The quantitative estimate of drug-likeness (QED) is 0.291. The summed E-state index contributed by atoms with van der Waals surface area (Å²) in [5, 5.41) is 39.5. The van der Waals surface area contributed by atoms with Gasteiger partial charge in [-0.2, -0.15) is 0 Å². The zero-order valence-corrected chi connectivity index (χ0v) is 8.41. The Bertz CT molecular complexity index is 266. The van der Waals surface area contributed by atoms with E-state index in [4.69, 9.17) is 11.3 Å². The van der Waals surface area contributed by atoms with E-state index in [0.29, 0.717) is 0 Å². The zero-order chi connectivity index (χ0) is 13.0. The van der Waals surface area contributed by atoms with Crippen LogP contribution in [0.15, 0.2) is 0 Å². The van der Waals surface area contributed by atoms with Crippen molar-refractivity contribution in [2.24, 2.45) is 5.73 Å². The third kappa shape index (κ3) is 2.67. The van der Waals surface area contributed by atoms with E-state index < -0.39 is 43.2 Å². The number of amides is 1. The molecule has 1 amide bonds. The van der Waals surface area contributed by atoms with Crippen molar-refractivity contribution in [2.75, 3.05) is 13.2 Å². The van der Waals surface area contributed by atoms with Gasteiger partial charge in [-0.25, -0.2) is 0 Å². The van der Waals surface area contributed by atoms with Gasteiger partial charge in [-0.15, -0.1) is 0 Å². The lowest BCUT2D eigenvalue weighted by atomic mass is 9.98. The van der Waals surface area contributed by atoms with Crippen molar-refractivity contribution >= 4 is 5.91 Å². The molecule has 8 nitrogen and oxygen atoms in total. The van der Waals surface area contributed by atoms with E-state index in [-0.39, 0.29) is 6.54 Å². The molecule has 1 fully saturated rings. The van der Waals surface area contributed by atoms with E-state index in [0.717, 1.165) is 0 Å². The molecule has 0 radical (unpaired) electrons. The predicted molar refractivity (Wildman–Crippen MR) is 51.0 cm³/mol. The summed E-state index contributed by atoms with van der Waals surface area (Å²) in [6, 6.07) is 0. The van der Waals surface area contributed by atoms with Crippen LogP contribution in [0.25, 0.3) is 0 Å². The molecule has 0 saturated carbocycles. The van der Waals surface area contributed by atoms with Crippen molar-refractivity contribution < 1.29 is 31.4 Å². The highest BCUT2D eigenvalue weighted by atomic mass is 16.6. The maximum atomic E-state index is 11.1. The van der Waals surface area contributed by atoms with Gasteiger partial charge < -0.3 is 36.2 Å².